The molecule has 0 aromatic carbocycles. The number of hydrogen-bond acceptors (Lipinski definition) is 10. The van der Waals surface area contributed by atoms with E-state index in [1.165, 1.54) is 84.0 Å². The molecule has 0 rings (SSSR count). The Balaban J connectivity index is -0.000000367. The minimum atomic E-state index is -1.44. The first kappa shape index (κ1) is 44.2. The molecular weight excluding hydrogens is 524 g/mol. The van der Waals surface area contributed by atoms with E-state index in [1.54, 1.807) is 0 Å². The normalized spacial score (nSPS) is 12.3. The van der Waals surface area contributed by atoms with Crippen molar-refractivity contribution in [2.45, 2.75) is 149 Å². The second kappa shape index (κ2) is 32.4. The summed E-state index contributed by atoms with van der Waals surface area (Å²) in [5.74, 6) is -4.25. The molecule has 0 radical (unpaired) electrons. The minimum absolute atomic E-state index is 0. The topological polar surface area (TPSA) is 184 Å². The quantitative estimate of drug-likeness (QED) is 0.0885. The number of esters is 2. The van der Waals surface area contributed by atoms with Crippen LogP contribution in [-0.4, -0.2) is 95.2 Å². The molecule has 3 atom stereocenters. The predicted molar refractivity (Wildman–Crippen MR) is 141 cm³/mol. The first-order chi connectivity index (χ1) is 17.4. The maximum Gasteiger partial charge on any atom is 2.00 e. The number of rotatable bonds is 19. The summed E-state index contributed by atoms with van der Waals surface area (Å²) in [6, 6.07) is 0. The number of aliphatic hydroxyl groups excluding tert-OH is 3. The van der Waals surface area contributed by atoms with Gasteiger partial charge in [0.25, 0.3) is 0 Å². The van der Waals surface area contributed by atoms with Gasteiger partial charge in [0.1, 0.15) is 6.10 Å². The van der Waals surface area contributed by atoms with Crippen molar-refractivity contribution < 1.29 is 49.4 Å². The predicted octanol–water partition coefficient (Wildman–Crippen LogP) is 1.55. The Kier molecular flexibility index (Phi) is 37.8. The van der Waals surface area contributed by atoms with Gasteiger partial charge in [-0.05, 0) is 27.2 Å². The van der Waals surface area contributed by atoms with E-state index in [-0.39, 0.29) is 44.2 Å². The molecule has 0 amide bonds. The molecule has 10 nitrogen and oxygen atoms in total. The summed E-state index contributed by atoms with van der Waals surface area (Å²) in [6.07, 6.45) is 15.5. The molecule has 0 aromatic rings. The average molecular weight is 575 g/mol. The zero-order valence-electron chi connectivity index (χ0n) is 24.0. The van der Waals surface area contributed by atoms with Crippen LogP contribution in [0.1, 0.15) is 130 Å². The molecule has 0 heterocycles. The van der Waals surface area contributed by atoms with Crippen LogP contribution < -0.4 is 10.2 Å². The first-order valence-corrected chi connectivity index (χ1v) is 13.6. The summed E-state index contributed by atoms with van der Waals surface area (Å²) < 4.78 is 4.50. The Hall–Kier alpha value is -0.780. The number of unbranched alkanes of at least 4 members (excludes halogenated alkanes) is 14. The summed E-state index contributed by atoms with van der Waals surface area (Å²) >= 11 is 0. The van der Waals surface area contributed by atoms with Crippen LogP contribution in [0.4, 0.5) is 0 Å². The van der Waals surface area contributed by atoms with Gasteiger partial charge >= 0.3 is 49.7 Å². The fourth-order valence-electron chi connectivity index (χ4n) is 2.89. The molecule has 220 valence electrons. The van der Waals surface area contributed by atoms with Crippen LogP contribution in [0, 0.1) is 0 Å². The van der Waals surface area contributed by atoms with Crippen molar-refractivity contribution in [3.05, 3.63) is 0 Å². The number of carboxylic acid groups (broad SMARTS) is 2. The first-order valence-electron chi connectivity index (χ1n) is 13.6. The zero-order chi connectivity index (χ0) is 29.1. The van der Waals surface area contributed by atoms with E-state index in [2.05, 4.69) is 11.7 Å². The Morgan fingerprint density at radius 1 is 0.579 bits per heavy atom. The number of carboxylic acids is 2. The molecule has 0 saturated carbocycles. The minimum Gasteiger partial charge on any atom is -0.547 e. The third-order valence-corrected chi connectivity index (χ3v) is 5.22. The van der Waals surface area contributed by atoms with Gasteiger partial charge in [0, 0.05) is 6.42 Å². The van der Waals surface area contributed by atoms with Crippen LogP contribution in [0.5, 0.6) is 0 Å². The van der Waals surface area contributed by atoms with Gasteiger partial charge in [-0.2, -0.15) is 0 Å². The third-order valence-electron chi connectivity index (χ3n) is 5.22. The summed E-state index contributed by atoms with van der Waals surface area (Å²) in [4.78, 5) is 41.0. The number of aliphatic carboxylic acids is 2. The van der Waals surface area contributed by atoms with E-state index < -0.39 is 42.2 Å². The standard InChI is InChI=1S/C21H40O4.2C3H6O3.Ca/c1-3-4-5-6-7-8-9-10-11-12-13-14-15-16-17-18-20(23)25-21(24)19(2)22;2*1-2(4)3(5)6;/h19,22H,3-18H2,1-2H3;2*2,4H,1H3,(H,5,6);/q;;;+2/p-2. The average Bonchev–Trinajstić information content (AvgIpc) is 2.82. The molecule has 0 bridgehead atoms. The Labute approximate surface area is 258 Å². The van der Waals surface area contributed by atoms with Gasteiger partial charge in [0.05, 0.1) is 24.1 Å². The van der Waals surface area contributed by atoms with Gasteiger partial charge < -0.3 is 39.9 Å². The van der Waals surface area contributed by atoms with Crippen molar-refractivity contribution in [2.75, 3.05) is 0 Å². The summed E-state index contributed by atoms with van der Waals surface area (Å²) in [5.41, 5.74) is 0. The van der Waals surface area contributed by atoms with Crippen LogP contribution in [0.3, 0.4) is 0 Å². The van der Waals surface area contributed by atoms with Crippen molar-refractivity contribution in [3.8, 4) is 0 Å². The van der Waals surface area contributed by atoms with Crippen LogP contribution >= 0.6 is 0 Å². The van der Waals surface area contributed by atoms with Gasteiger partial charge in [-0.25, -0.2) is 4.79 Å². The fourth-order valence-corrected chi connectivity index (χ4v) is 2.89. The van der Waals surface area contributed by atoms with Crippen LogP contribution in [-0.2, 0) is 23.9 Å². The van der Waals surface area contributed by atoms with Crippen LogP contribution in [0.25, 0.3) is 0 Å². The zero-order valence-corrected chi connectivity index (χ0v) is 26.2. The fraction of sp³-hybridized carbons (Fsp3) is 0.852. The van der Waals surface area contributed by atoms with Crippen molar-refractivity contribution in [3.63, 3.8) is 0 Å². The Morgan fingerprint density at radius 2 is 0.842 bits per heavy atom. The maximum absolute atomic E-state index is 11.3. The van der Waals surface area contributed by atoms with E-state index in [4.69, 9.17) is 15.3 Å². The molecule has 3 unspecified atom stereocenters. The number of carbonyl (C=O) groups excluding carboxylic acids is 4. The van der Waals surface area contributed by atoms with Crippen LogP contribution in [0.2, 0.25) is 0 Å². The van der Waals surface area contributed by atoms with Crippen molar-refractivity contribution >= 4 is 61.6 Å². The molecule has 3 N–H and O–H groups in total. The van der Waals surface area contributed by atoms with Crippen molar-refractivity contribution in [2.24, 2.45) is 0 Å². The monoisotopic (exact) mass is 574 g/mol. The second-order valence-corrected chi connectivity index (χ2v) is 9.16. The van der Waals surface area contributed by atoms with E-state index in [9.17, 15) is 29.4 Å². The number of hydrogen-bond donors (Lipinski definition) is 3. The Bertz CT molecular complexity index is 562. The Morgan fingerprint density at radius 3 is 1.08 bits per heavy atom. The maximum atomic E-state index is 11.3. The molecule has 38 heavy (non-hydrogen) atoms. The van der Waals surface area contributed by atoms with E-state index in [1.807, 2.05) is 0 Å². The molecule has 0 spiro atoms. The third kappa shape index (κ3) is 39.7. The van der Waals surface area contributed by atoms with Gasteiger partial charge in [-0.15, -0.1) is 0 Å². The number of carbonyl (C=O) groups is 4. The smallest absolute Gasteiger partial charge is 0.547 e. The molecule has 11 heteroatoms. The van der Waals surface area contributed by atoms with E-state index in [0.29, 0.717) is 0 Å². The molecule has 0 aromatic heterocycles. The molecule has 0 fully saturated rings. The molecular formula is C27H50CaO10. The van der Waals surface area contributed by atoms with Gasteiger partial charge in [0.15, 0.2) is 0 Å². The molecule has 0 aliphatic carbocycles. The number of ether oxygens (including phenoxy) is 1. The summed E-state index contributed by atoms with van der Waals surface area (Å²) in [7, 11) is 0. The summed E-state index contributed by atoms with van der Waals surface area (Å²) in [6.45, 7) is 5.82. The molecule has 0 aliphatic rings. The van der Waals surface area contributed by atoms with Gasteiger partial charge in [0.2, 0.25) is 0 Å². The molecule has 0 saturated heterocycles. The summed E-state index contributed by atoms with van der Waals surface area (Å²) in [5, 5.41) is 43.6. The van der Waals surface area contributed by atoms with E-state index in [0.717, 1.165) is 33.1 Å². The van der Waals surface area contributed by atoms with Crippen LogP contribution in [0.15, 0.2) is 0 Å². The second-order valence-electron chi connectivity index (χ2n) is 9.16. The van der Waals surface area contributed by atoms with Crippen molar-refractivity contribution in [1.82, 2.24) is 0 Å². The van der Waals surface area contributed by atoms with E-state index >= 15 is 0 Å². The largest absolute Gasteiger partial charge is 2.00 e. The SMILES string of the molecule is CC(O)C(=O)[O-].CC(O)C(=O)[O-].CCCCCCCCCCCCCCCCCC(=O)OC(=O)C(C)O.[Ca+2]. The van der Waals surface area contributed by atoms with Gasteiger partial charge in [-0.3, -0.25) is 4.79 Å². The van der Waals surface area contributed by atoms with Gasteiger partial charge in [-0.1, -0.05) is 96.8 Å². The number of aliphatic hydroxyl groups is 3. The molecule has 0 aliphatic heterocycles. The van der Waals surface area contributed by atoms with Crippen molar-refractivity contribution in [1.29, 1.82) is 0 Å².